The number of aryl methyl sites for hydroxylation is 3. The first kappa shape index (κ1) is 18.5. The Bertz CT molecular complexity index is 1000. The number of amides is 1. The Labute approximate surface area is 158 Å². The van der Waals surface area contributed by atoms with E-state index in [1.54, 1.807) is 6.07 Å². The maximum atomic E-state index is 12.0. The molecule has 0 atom stereocenters. The van der Waals surface area contributed by atoms with Gasteiger partial charge < -0.3 is 9.84 Å². The molecule has 3 aromatic carbocycles. The highest BCUT2D eigenvalue weighted by molar-refractivity contribution is 6.02. The van der Waals surface area contributed by atoms with E-state index < -0.39 is 0 Å². The molecule has 0 heterocycles. The first-order valence-electron chi connectivity index (χ1n) is 8.69. The summed E-state index contributed by atoms with van der Waals surface area (Å²) in [5.41, 5.74) is 6.13. The molecule has 0 radical (unpaired) electrons. The number of carbonyl (C=O) groups excluding carboxylic acids is 1. The summed E-state index contributed by atoms with van der Waals surface area (Å²) < 4.78 is 5.65. The predicted octanol–water partition coefficient (Wildman–Crippen LogP) is 4.00. The number of benzene rings is 3. The number of fused-ring (bicyclic) bond motifs is 1. The lowest BCUT2D eigenvalue weighted by atomic mass is 10.0. The van der Waals surface area contributed by atoms with Gasteiger partial charge in [-0.25, -0.2) is 5.43 Å². The number of hydrazone groups is 1. The van der Waals surface area contributed by atoms with Crippen LogP contribution in [0.25, 0.3) is 10.8 Å². The molecule has 0 saturated heterocycles. The normalized spacial score (nSPS) is 11.1. The first-order chi connectivity index (χ1) is 13.0. The molecule has 5 heteroatoms. The van der Waals surface area contributed by atoms with Crippen molar-refractivity contribution in [2.45, 2.75) is 20.8 Å². The van der Waals surface area contributed by atoms with Crippen molar-refractivity contribution < 1.29 is 14.6 Å². The van der Waals surface area contributed by atoms with Gasteiger partial charge in [-0.1, -0.05) is 48.0 Å². The summed E-state index contributed by atoms with van der Waals surface area (Å²) in [6, 6.07) is 15.1. The average molecular weight is 362 g/mol. The molecule has 0 fully saturated rings. The molecule has 5 nitrogen and oxygen atoms in total. The molecule has 1 amide bonds. The monoisotopic (exact) mass is 362 g/mol. The van der Waals surface area contributed by atoms with Crippen LogP contribution in [0.3, 0.4) is 0 Å². The molecule has 0 aromatic heterocycles. The number of hydrogen-bond acceptors (Lipinski definition) is 4. The molecule has 0 unspecified atom stereocenters. The van der Waals surface area contributed by atoms with E-state index >= 15 is 0 Å². The zero-order valence-corrected chi connectivity index (χ0v) is 15.6. The molecular weight excluding hydrogens is 340 g/mol. The Morgan fingerprint density at radius 2 is 1.81 bits per heavy atom. The average Bonchev–Trinajstić information content (AvgIpc) is 2.62. The Kier molecular flexibility index (Phi) is 5.41. The van der Waals surface area contributed by atoms with Crippen LogP contribution in [-0.2, 0) is 4.79 Å². The number of ether oxygens (including phenoxy) is 1. The predicted molar refractivity (Wildman–Crippen MR) is 107 cm³/mol. The van der Waals surface area contributed by atoms with Crippen LogP contribution in [-0.4, -0.2) is 23.8 Å². The van der Waals surface area contributed by atoms with Crippen molar-refractivity contribution in [1.29, 1.82) is 0 Å². The largest absolute Gasteiger partial charge is 0.507 e. The number of nitrogens with zero attached hydrogens (tertiary/aromatic N) is 1. The minimum atomic E-state index is -0.370. The maximum absolute atomic E-state index is 12.0. The second-order valence-electron chi connectivity index (χ2n) is 6.53. The summed E-state index contributed by atoms with van der Waals surface area (Å²) in [5.74, 6) is 0.450. The molecule has 3 aromatic rings. The van der Waals surface area contributed by atoms with Gasteiger partial charge in [-0.3, -0.25) is 4.79 Å². The van der Waals surface area contributed by atoms with Crippen LogP contribution in [0.2, 0.25) is 0 Å². The summed E-state index contributed by atoms with van der Waals surface area (Å²) in [4.78, 5) is 12.0. The molecule has 0 aliphatic carbocycles. The second-order valence-corrected chi connectivity index (χ2v) is 6.53. The number of hydrogen-bond donors (Lipinski definition) is 2. The number of aromatic hydroxyl groups is 1. The molecule has 2 N–H and O–H groups in total. The van der Waals surface area contributed by atoms with Gasteiger partial charge in [0.1, 0.15) is 11.5 Å². The van der Waals surface area contributed by atoms with Crippen LogP contribution >= 0.6 is 0 Å². The third-order valence-corrected chi connectivity index (χ3v) is 4.28. The van der Waals surface area contributed by atoms with Gasteiger partial charge in [-0.05, 0) is 48.7 Å². The fourth-order valence-corrected chi connectivity index (χ4v) is 3.15. The minimum Gasteiger partial charge on any atom is -0.507 e. The molecule has 3 rings (SSSR count). The lowest BCUT2D eigenvalue weighted by Gasteiger charge is -2.12. The van der Waals surface area contributed by atoms with Crippen molar-refractivity contribution >= 4 is 22.9 Å². The minimum absolute atomic E-state index is 0.105. The lowest BCUT2D eigenvalue weighted by Crippen LogP contribution is -2.25. The van der Waals surface area contributed by atoms with Crippen molar-refractivity contribution in [3.8, 4) is 11.5 Å². The molecule has 0 aliphatic heterocycles. The number of phenols is 1. The van der Waals surface area contributed by atoms with E-state index in [0.29, 0.717) is 11.3 Å². The van der Waals surface area contributed by atoms with E-state index in [1.807, 2.05) is 63.2 Å². The number of phenolic OH excluding ortho intramolecular Hbond substituents is 1. The molecular formula is C22H22N2O3. The fraction of sp³-hybridized carbons (Fsp3) is 0.182. The zero-order valence-electron chi connectivity index (χ0n) is 15.6. The van der Waals surface area contributed by atoms with Crippen molar-refractivity contribution in [2.24, 2.45) is 5.10 Å². The van der Waals surface area contributed by atoms with Crippen LogP contribution < -0.4 is 10.2 Å². The van der Waals surface area contributed by atoms with Crippen molar-refractivity contribution in [2.75, 3.05) is 6.61 Å². The smallest absolute Gasteiger partial charge is 0.277 e. The Balaban J connectivity index is 1.66. The van der Waals surface area contributed by atoms with E-state index in [2.05, 4.69) is 10.5 Å². The van der Waals surface area contributed by atoms with E-state index in [4.69, 9.17) is 4.74 Å². The Morgan fingerprint density at radius 1 is 1.11 bits per heavy atom. The van der Waals surface area contributed by atoms with E-state index in [1.165, 1.54) is 6.21 Å². The van der Waals surface area contributed by atoms with E-state index in [9.17, 15) is 9.90 Å². The summed E-state index contributed by atoms with van der Waals surface area (Å²) in [6.07, 6.45) is 1.44. The highest BCUT2D eigenvalue weighted by atomic mass is 16.5. The van der Waals surface area contributed by atoms with Crippen LogP contribution in [0.15, 0.2) is 53.6 Å². The van der Waals surface area contributed by atoms with Gasteiger partial charge in [0.05, 0.1) is 6.21 Å². The molecule has 0 saturated carbocycles. The third-order valence-electron chi connectivity index (χ3n) is 4.28. The molecule has 27 heavy (non-hydrogen) atoms. The zero-order chi connectivity index (χ0) is 19.4. The molecule has 0 aliphatic rings. The molecule has 138 valence electrons. The Hall–Kier alpha value is -3.34. The fourth-order valence-electron chi connectivity index (χ4n) is 3.15. The lowest BCUT2D eigenvalue weighted by molar-refractivity contribution is -0.123. The summed E-state index contributed by atoms with van der Waals surface area (Å²) in [6.45, 7) is 5.79. The summed E-state index contributed by atoms with van der Waals surface area (Å²) in [5, 5.41) is 15.9. The topological polar surface area (TPSA) is 70.9 Å². The van der Waals surface area contributed by atoms with Crippen molar-refractivity contribution in [1.82, 2.24) is 5.43 Å². The van der Waals surface area contributed by atoms with Crippen LogP contribution in [0, 0.1) is 20.8 Å². The van der Waals surface area contributed by atoms with Gasteiger partial charge in [0.25, 0.3) is 5.91 Å². The quantitative estimate of drug-likeness (QED) is 0.532. The Morgan fingerprint density at radius 3 is 2.56 bits per heavy atom. The molecule has 0 spiro atoms. The summed E-state index contributed by atoms with van der Waals surface area (Å²) >= 11 is 0. The van der Waals surface area contributed by atoms with Gasteiger partial charge >= 0.3 is 0 Å². The van der Waals surface area contributed by atoms with Crippen molar-refractivity contribution in [3.63, 3.8) is 0 Å². The molecule has 0 bridgehead atoms. The van der Waals surface area contributed by atoms with E-state index in [-0.39, 0.29) is 18.3 Å². The maximum Gasteiger partial charge on any atom is 0.277 e. The van der Waals surface area contributed by atoms with Gasteiger partial charge in [0.15, 0.2) is 6.61 Å². The second kappa shape index (κ2) is 7.91. The van der Waals surface area contributed by atoms with Crippen LogP contribution in [0.1, 0.15) is 22.3 Å². The third kappa shape index (κ3) is 4.26. The van der Waals surface area contributed by atoms with Gasteiger partial charge in [-0.15, -0.1) is 0 Å². The SMILES string of the molecule is Cc1cc(C)c(OCC(=O)N/N=C\c2c(O)ccc3ccccc23)c(C)c1. The number of carbonyl (C=O) groups is 1. The van der Waals surface area contributed by atoms with Crippen LogP contribution in [0.4, 0.5) is 0 Å². The van der Waals surface area contributed by atoms with Crippen molar-refractivity contribution in [3.05, 3.63) is 70.8 Å². The van der Waals surface area contributed by atoms with Crippen LogP contribution in [0.5, 0.6) is 11.5 Å². The van der Waals surface area contributed by atoms with E-state index in [0.717, 1.165) is 27.5 Å². The highest BCUT2D eigenvalue weighted by Crippen LogP contribution is 2.26. The first-order valence-corrected chi connectivity index (χ1v) is 8.69. The van der Waals surface area contributed by atoms with Gasteiger partial charge in [0, 0.05) is 5.56 Å². The number of nitrogens with one attached hydrogen (secondary N) is 1. The standard InChI is InChI=1S/C22H22N2O3/c1-14-10-15(2)22(16(3)11-14)27-13-21(26)24-23-12-19-18-7-5-4-6-17(18)8-9-20(19)25/h4-12,25H,13H2,1-3H3,(H,24,26)/b23-12-. The highest BCUT2D eigenvalue weighted by Gasteiger charge is 2.08. The number of rotatable bonds is 5. The van der Waals surface area contributed by atoms with Gasteiger partial charge in [0.2, 0.25) is 0 Å². The summed E-state index contributed by atoms with van der Waals surface area (Å²) in [7, 11) is 0. The van der Waals surface area contributed by atoms with Gasteiger partial charge in [-0.2, -0.15) is 5.10 Å².